The lowest BCUT2D eigenvalue weighted by Gasteiger charge is -2.30. The smallest absolute Gasteiger partial charge is 0.387 e. The zero-order chi connectivity index (χ0) is 104. The number of ether oxygens (including phenoxy) is 16. The summed E-state index contributed by atoms with van der Waals surface area (Å²) in [6.07, 6.45) is -26.2. The molecule has 28 atom stereocenters. The summed E-state index contributed by atoms with van der Waals surface area (Å²) < 4.78 is 195. The van der Waals surface area contributed by atoms with E-state index in [0.717, 1.165) is 30.9 Å². The average Bonchev–Trinajstić information content (AvgIpc) is 1.60. The Hall–Kier alpha value is -7.45. The van der Waals surface area contributed by atoms with Gasteiger partial charge in [-0.3, -0.25) is 64.3 Å². The molecule has 0 bridgehead atoms. The average molecular weight is 2190 g/mol. The van der Waals surface area contributed by atoms with Crippen molar-refractivity contribution in [2.75, 3.05) is 163 Å². The minimum atomic E-state index is -5.90. The normalized spacial score (nSPS) is 29.3. The molecule has 10 unspecified atom stereocenters. The second kappa shape index (κ2) is 48.7. The van der Waals surface area contributed by atoms with Crippen LogP contribution < -0.4 is 57.0 Å². The van der Waals surface area contributed by atoms with Crippen LogP contribution in [0.5, 0.6) is 0 Å². The topological polar surface area (TPSA) is 772 Å². The highest BCUT2D eigenvalue weighted by Crippen LogP contribution is 2.58. The van der Waals surface area contributed by atoms with Crippen molar-refractivity contribution in [3.63, 3.8) is 0 Å². The zero-order valence-corrected chi connectivity index (χ0v) is 85.6. The molecule has 0 aliphatic carbocycles. The van der Waals surface area contributed by atoms with Crippen molar-refractivity contribution in [3.8, 4) is 0 Å². The monoisotopic (exact) mass is 2190 g/mol. The third-order valence-corrected chi connectivity index (χ3v) is 30.1. The van der Waals surface area contributed by atoms with Crippen LogP contribution in [-0.2, 0) is 166 Å². The number of aromatic amines is 1. The van der Waals surface area contributed by atoms with E-state index < -0.39 is 245 Å². The SMILES string of the molecule is CC[C@H]1O[C@@H](n2cc(C)c(=O)[nH]c2=O)C[C@H]1OP(O)(=S)OC[C@H]1O[C@@H](n2cnc3c(N)ncnc32)C(OCCOC)[C@H]1OP(=O)(O)OC[C@H]1O[C@@H](n2cc(C)c(N)nc2=O)C(OCCOC)[C@H]1OP(=O)(O)OC[C@H]1O[C@@H](n2cnc3c(N)ncnc32)C(OCCOC)[C@H]1OP(O)(=S)OC[C@H]1O[C@@H](n2cc(C)c(N)nc2=O)C(OCCOC)[C@H]1OP(O)(=S)OC[C@H]1O[C@@H](n2cc(C)c(N)nc2=O)C(OCCOC)[C@H]1O. The van der Waals surface area contributed by atoms with Crippen LogP contribution >= 0.6 is 35.8 Å². The minimum Gasteiger partial charge on any atom is -0.387 e. The number of aliphatic hydroxyl groups is 1. The van der Waals surface area contributed by atoms with Gasteiger partial charge in [0.05, 0.1) is 124 Å². The molecule has 68 heteroatoms. The van der Waals surface area contributed by atoms with Gasteiger partial charge in [0, 0.05) is 89.0 Å². The molecule has 14 rings (SSSR count). The largest absolute Gasteiger partial charge is 0.472 e. The fraction of sp³-hybridized carbons (Fsp3) is 0.658. The molecule has 0 spiro atoms. The molecule has 8 aromatic rings. The molecule has 0 amide bonds. The quantitative estimate of drug-likeness (QED) is 0.0156. The van der Waals surface area contributed by atoms with Gasteiger partial charge in [0.2, 0.25) is 0 Å². The predicted molar refractivity (Wildman–Crippen MR) is 504 cm³/mol. The van der Waals surface area contributed by atoms with Gasteiger partial charge in [-0.25, -0.2) is 58.2 Å². The molecular weight excluding hydrogens is 2080 g/mol. The number of aliphatic hydroxyl groups excluding tert-OH is 1. The number of anilines is 5. The van der Waals surface area contributed by atoms with Crippen molar-refractivity contribution >= 4 is 123 Å². The van der Waals surface area contributed by atoms with E-state index in [0.29, 0.717) is 5.56 Å². The summed E-state index contributed by atoms with van der Waals surface area (Å²) >= 11 is 17.1. The van der Waals surface area contributed by atoms with Crippen molar-refractivity contribution in [2.45, 2.75) is 189 Å². The summed E-state index contributed by atoms with van der Waals surface area (Å²) in [6, 6.07) is 0. The van der Waals surface area contributed by atoms with Crippen LogP contribution in [0.3, 0.4) is 0 Å². The number of phosphoric acid groups is 2. The summed E-state index contributed by atoms with van der Waals surface area (Å²) in [7, 11) is -4.90. The number of nitrogens with one attached hydrogen (secondary N) is 1. The number of fused-ring (bicyclic) bond motifs is 2. The summed E-state index contributed by atoms with van der Waals surface area (Å²) in [5.74, 6) is -0.644. The molecule has 0 radical (unpaired) electrons. The van der Waals surface area contributed by atoms with Gasteiger partial charge in [-0.2, -0.15) is 15.0 Å². The summed E-state index contributed by atoms with van der Waals surface area (Å²) in [5, 5.41) is 11.8. The van der Waals surface area contributed by atoms with Gasteiger partial charge in [0.15, 0.2) is 54.1 Å². The lowest BCUT2D eigenvalue weighted by molar-refractivity contribution is -0.0843. The number of aromatic nitrogens is 16. The highest BCUT2D eigenvalue weighted by Gasteiger charge is 2.59. The number of imidazole rings is 2. The van der Waals surface area contributed by atoms with Gasteiger partial charge >= 0.3 is 58.6 Å². The van der Waals surface area contributed by atoms with Crippen LogP contribution in [0.15, 0.2) is 74.1 Å². The molecule has 144 heavy (non-hydrogen) atoms. The maximum absolute atomic E-state index is 15.5. The number of nitrogens with two attached hydrogens (primary N) is 5. The van der Waals surface area contributed by atoms with E-state index in [9.17, 15) is 53.5 Å². The minimum absolute atomic E-state index is 0.00570. The molecule has 6 saturated heterocycles. The summed E-state index contributed by atoms with van der Waals surface area (Å²) in [6.45, 7) is -13.3. The number of nitrogens with zero attached hydrogens (tertiary/aromatic N) is 15. The Morgan fingerprint density at radius 3 is 1.08 bits per heavy atom. The summed E-state index contributed by atoms with van der Waals surface area (Å²) in [4.78, 5) is 168. The number of methoxy groups -OCH3 is 5. The first-order chi connectivity index (χ1) is 68.5. The number of rotatable bonds is 52. The van der Waals surface area contributed by atoms with Crippen LogP contribution in [0.25, 0.3) is 22.3 Å². The second-order valence-corrected chi connectivity index (χ2v) is 44.3. The standard InChI is InChI=1S/C76H112N21O39P5S3/c1-11-40-41(22-47(126-40)92-26-39(5)67(99)91-76(92)103)132-139(108,142)124-30-45-52(57(118-19-14-113-8)71(131-45)96-34-86-48-63(80)82-32-84-65(48)96)134-137(104,105)121-28-43-51(56(117-18-13-112-7)69(128-43)94-24-37(3)61(78)89-74(94)101)133-138(106,107)122-29-44-53(59(120-21-16-115-10)72(130-44)97-35-87-49-64(81)83-33-85-66(49)97)135-141(110,144)125-31-46-54(58(119-20-15-114-9)70(129-46)95-25-38(4)62(79)90-75(95)102)136-140(109,143)123-27-42-50(98)55(116-17-12-111-6)68(127-42)93-23-36(2)60(77)88-73(93)100/h23-26,32-35,40-47,50-59,68-72,98H,11-22,27-31H2,1-10H3,(H,104,105)(H,106,107)(H,108,142)(H,109,143)(H,110,144)(H2,77,88,100)(H2,78,89,101)(H2,79,90,102)(H2,80,82,84)(H2,81,83,85)(H,91,99,103)/t40-,41-,42-,43-,44-,45-,46-,47-,50+,51+,52+,53+,54+,55?,56?,57?,58?,59?,68-,69-,70-,71-,72-,139?,140?,141?/m1/s1. The third kappa shape index (κ3) is 26.6. The van der Waals surface area contributed by atoms with Gasteiger partial charge in [-0.15, -0.1) is 0 Å². The molecule has 6 aliphatic heterocycles. The van der Waals surface area contributed by atoms with Crippen molar-refractivity contribution < 1.29 is 160 Å². The Balaban J connectivity index is 0.757. The highest BCUT2D eigenvalue weighted by atomic mass is 32.5. The van der Waals surface area contributed by atoms with E-state index >= 15 is 9.13 Å². The number of phosphoric ester groups is 2. The molecular formula is C76H112N21O39P5S3. The number of aryl methyl sites for hydroxylation is 4. The van der Waals surface area contributed by atoms with Crippen molar-refractivity contribution in [1.82, 2.24) is 77.2 Å². The lowest BCUT2D eigenvalue weighted by Crippen LogP contribution is -2.41. The molecule has 798 valence electrons. The van der Waals surface area contributed by atoms with Crippen LogP contribution in [0.2, 0.25) is 0 Å². The van der Waals surface area contributed by atoms with Gasteiger partial charge < -0.3 is 152 Å². The first-order valence-corrected chi connectivity index (χ1v) is 54.9. The third-order valence-electron chi connectivity index (χ3n) is 23.4. The van der Waals surface area contributed by atoms with E-state index in [1.165, 1.54) is 103 Å². The Bertz CT molecular complexity index is 6360. The fourth-order valence-corrected chi connectivity index (χ4v) is 22.7. The second-order valence-electron chi connectivity index (χ2n) is 33.1. The van der Waals surface area contributed by atoms with Crippen LogP contribution in [-0.4, -0.2) is 345 Å². The zero-order valence-electron chi connectivity index (χ0n) is 78.6. The molecule has 6 aliphatic rings. The molecule has 6 fully saturated rings. The highest BCUT2D eigenvalue weighted by molar-refractivity contribution is 8.07. The number of nitrogen functional groups attached to an aromatic ring is 5. The van der Waals surface area contributed by atoms with Gasteiger partial charge in [0.1, 0.15) is 139 Å². The fourth-order valence-electron chi connectivity index (χ4n) is 16.4. The maximum atomic E-state index is 15.5. The number of H-pyrrole nitrogens is 1. The van der Waals surface area contributed by atoms with Crippen molar-refractivity contribution in [1.29, 1.82) is 0 Å². The van der Waals surface area contributed by atoms with Crippen molar-refractivity contribution in [3.05, 3.63) is 125 Å². The number of hydrogen-bond donors (Lipinski definition) is 12. The van der Waals surface area contributed by atoms with Crippen LogP contribution in [0.4, 0.5) is 29.1 Å². The Morgan fingerprint density at radius 2 is 0.708 bits per heavy atom. The lowest BCUT2D eigenvalue weighted by atomic mass is 10.1. The molecule has 14 heterocycles. The van der Waals surface area contributed by atoms with Gasteiger partial charge in [-0.05, 0) is 69.5 Å². The molecule has 60 nitrogen and oxygen atoms in total. The van der Waals surface area contributed by atoms with Gasteiger partial charge in [-0.1, -0.05) is 6.92 Å². The maximum Gasteiger partial charge on any atom is 0.472 e. The van der Waals surface area contributed by atoms with E-state index in [1.807, 2.05) is 0 Å². The van der Waals surface area contributed by atoms with E-state index in [4.69, 9.17) is 185 Å². The molecule has 0 saturated carbocycles. The van der Waals surface area contributed by atoms with Crippen LogP contribution in [0.1, 0.15) is 79.4 Å². The van der Waals surface area contributed by atoms with E-state index in [-0.39, 0.29) is 140 Å². The van der Waals surface area contributed by atoms with E-state index in [1.54, 1.807) is 13.8 Å². The molecule has 8 aromatic heterocycles. The van der Waals surface area contributed by atoms with Gasteiger partial charge in [0.25, 0.3) is 5.56 Å². The first kappa shape index (κ1) is 112. The number of hydrogen-bond acceptors (Lipinski definition) is 51. The first-order valence-electron chi connectivity index (χ1n) is 44.2. The Morgan fingerprint density at radius 1 is 0.389 bits per heavy atom. The Labute approximate surface area is 832 Å². The summed E-state index contributed by atoms with van der Waals surface area (Å²) in [5.41, 5.74) is 27.5. The predicted octanol–water partition coefficient (Wildman–Crippen LogP) is -1.30. The molecule has 17 N–H and O–H groups in total. The van der Waals surface area contributed by atoms with Crippen LogP contribution in [0, 0.1) is 27.7 Å². The Kier molecular flexibility index (Phi) is 37.9. The van der Waals surface area contributed by atoms with E-state index in [2.05, 4.69) is 49.8 Å². The van der Waals surface area contributed by atoms with Crippen molar-refractivity contribution in [2.24, 2.45) is 0 Å². The molecule has 0 aromatic carbocycles.